The number of likely N-dealkylation sites (N-methyl/N-ethyl adjacent to an activating group) is 1. The topological polar surface area (TPSA) is 33.7 Å². The van der Waals surface area contributed by atoms with E-state index in [1.807, 2.05) is 6.92 Å². The van der Waals surface area contributed by atoms with Crippen LogP contribution in [-0.2, 0) is 6.54 Å². The molecule has 1 rings (SSSR count). The van der Waals surface area contributed by atoms with Crippen molar-refractivity contribution in [3.8, 4) is 11.5 Å². The van der Waals surface area contributed by atoms with Crippen molar-refractivity contribution in [2.24, 2.45) is 0 Å². The average Bonchev–Trinajstić information content (AvgIpc) is 2.57. The molecule has 0 spiro atoms. The molecule has 0 fully saturated rings. The SMILES string of the molecule is CCCCOc1c(I)cc(CNCCN(CC)CC)cc1OCC.Cl.Cl. The van der Waals surface area contributed by atoms with Crippen molar-refractivity contribution in [2.45, 2.75) is 47.1 Å². The first-order valence-electron chi connectivity index (χ1n) is 9.17. The van der Waals surface area contributed by atoms with Gasteiger partial charge in [0.1, 0.15) is 0 Å². The lowest BCUT2D eigenvalue weighted by Gasteiger charge is -2.18. The Bertz CT molecular complexity index is 475. The summed E-state index contributed by atoms with van der Waals surface area (Å²) in [5.41, 5.74) is 1.24. The molecule has 0 atom stereocenters. The van der Waals surface area contributed by atoms with Gasteiger partial charge in [-0.3, -0.25) is 0 Å². The maximum Gasteiger partial charge on any atom is 0.174 e. The number of unbranched alkanes of at least 4 members (excludes halogenated alkanes) is 1. The van der Waals surface area contributed by atoms with Crippen LogP contribution >= 0.6 is 47.4 Å². The van der Waals surface area contributed by atoms with E-state index in [-0.39, 0.29) is 24.8 Å². The Kier molecular flexibility index (Phi) is 18.7. The van der Waals surface area contributed by atoms with Crippen LogP contribution < -0.4 is 14.8 Å². The molecule has 0 aliphatic rings. The van der Waals surface area contributed by atoms with E-state index < -0.39 is 0 Å². The van der Waals surface area contributed by atoms with Gasteiger partial charge in [-0.05, 0) is 66.7 Å². The zero-order valence-corrected chi connectivity index (χ0v) is 20.3. The maximum absolute atomic E-state index is 5.94. The first-order valence-corrected chi connectivity index (χ1v) is 10.2. The summed E-state index contributed by atoms with van der Waals surface area (Å²) in [6.07, 6.45) is 2.20. The Morgan fingerprint density at radius 3 is 2.31 bits per heavy atom. The summed E-state index contributed by atoms with van der Waals surface area (Å²) < 4.78 is 12.9. The standard InChI is InChI=1S/C19H33IN2O2.2ClH/c1-5-9-12-24-19-17(20)13-16(14-18(19)23-8-4)15-21-10-11-22(6-2)7-3;;/h13-14,21H,5-12,15H2,1-4H3;2*1H. The van der Waals surface area contributed by atoms with Gasteiger partial charge in [-0.1, -0.05) is 27.2 Å². The van der Waals surface area contributed by atoms with Crippen LogP contribution in [0.5, 0.6) is 11.5 Å². The second kappa shape index (κ2) is 17.2. The van der Waals surface area contributed by atoms with E-state index >= 15 is 0 Å². The molecule has 7 heteroatoms. The Balaban J connectivity index is 0. The summed E-state index contributed by atoms with van der Waals surface area (Å²) in [6.45, 7) is 15.1. The lowest BCUT2D eigenvalue weighted by atomic mass is 10.2. The first kappa shape index (κ1) is 28.3. The molecule has 0 radical (unpaired) electrons. The molecule has 0 heterocycles. The van der Waals surface area contributed by atoms with Crippen LogP contribution in [-0.4, -0.2) is 44.3 Å². The summed E-state index contributed by atoms with van der Waals surface area (Å²) in [7, 11) is 0. The molecule has 154 valence electrons. The smallest absolute Gasteiger partial charge is 0.174 e. The van der Waals surface area contributed by atoms with Gasteiger partial charge in [0.25, 0.3) is 0 Å². The number of nitrogens with one attached hydrogen (secondary N) is 1. The number of nitrogens with zero attached hydrogens (tertiary/aromatic N) is 1. The monoisotopic (exact) mass is 520 g/mol. The van der Waals surface area contributed by atoms with Crippen molar-refractivity contribution in [1.29, 1.82) is 0 Å². The summed E-state index contributed by atoms with van der Waals surface area (Å²) >= 11 is 2.35. The highest BCUT2D eigenvalue weighted by atomic mass is 127. The normalized spacial score (nSPS) is 10.2. The third-order valence-corrected chi connectivity index (χ3v) is 4.74. The van der Waals surface area contributed by atoms with Gasteiger partial charge in [-0.2, -0.15) is 0 Å². The van der Waals surface area contributed by atoms with Gasteiger partial charge in [-0.15, -0.1) is 24.8 Å². The Morgan fingerprint density at radius 2 is 1.73 bits per heavy atom. The molecule has 0 aromatic heterocycles. The molecule has 0 aliphatic carbocycles. The van der Waals surface area contributed by atoms with Gasteiger partial charge in [-0.25, -0.2) is 0 Å². The van der Waals surface area contributed by atoms with Crippen LogP contribution in [0.2, 0.25) is 0 Å². The summed E-state index contributed by atoms with van der Waals surface area (Å²) in [4.78, 5) is 2.42. The summed E-state index contributed by atoms with van der Waals surface area (Å²) in [5, 5.41) is 3.53. The van der Waals surface area contributed by atoms with E-state index in [0.717, 1.165) is 67.2 Å². The van der Waals surface area contributed by atoms with Crippen LogP contribution in [0.3, 0.4) is 0 Å². The highest BCUT2D eigenvalue weighted by molar-refractivity contribution is 14.1. The van der Waals surface area contributed by atoms with E-state index in [9.17, 15) is 0 Å². The molecular weight excluding hydrogens is 486 g/mol. The van der Waals surface area contributed by atoms with Crippen LogP contribution in [0.15, 0.2) is 12.1 Å². The molecule has 1 aromatic rings. The molecule has 0 amide bonds. The third-order valence-electron chi connectivity index (χ3n) is 3.94. The van der Waals surface area contributed by atoms with E-state index in [4.69, 9.17) is 9.47 Å². The Hall–Kier alpha value is 0.0500. The fourth-order valence-electron chi connectivity index (χ4n) is 2.45. The lowest BCUT2D eigenvalue weighted by molar-refractivity contribution is 0.270. The highest BCUT2D eigenvalue weighted by Gasteiger charge is 2.12. The van der Waals surface area contributed by atoms with Gasteiger partial charge in [0.05, 0.1) is 16.8 Å². The Labute approximate surface area is 185 Å². The highest BCUT2D eigenvalue weighted by Crippen LogP contribution is 2.34. The van der Waals surface area contributed by atoms with Gasteiger partial charge in [0.2, 0.25) is 0 Å². The minimum Gasteiger partial charge on any atom is -0.490 e. The summed E-state index contributed by atoms with van der Waals surface area (Å²) in [5.74, 6) is 1.75. The number of halogens is 3. The predicted octanol–water partition coefficient (Wildman–Crippen LogP) is 5.14. The van der Waals surface area contributed by atoms with Crippen molar-refractivity contribution in [3.63, 3.8) is 0 Å². The molecule has 0 unspecified atom stereocenters. The molecule has 0 aliphatic heterocycles. The van der Waals surface area contributed by atoms with Crippen LogP contribution in [0, 0.1) is 3.57 Å². The van der Waals surface area contributed by atoms with Crippen molar-refractivity contribution < 1.29 is 9.47 Å². The molecular formula is C19H35Cl2IN2O2. The van der Waals surface area contributed by atoms with Crippen molar-refractivity contribution >= 4 is 47.4 Å². The fraction of sp³-hybridized carbons (Fsp3) is 0.684. The molecule has 1 aromatic carbocycles. The van der Waals surface area contributed by atoms with E-state index in [2.05, 4.69) is 65.7 Å². The van der Waals surface area contributed by atoms with E-state index in [0.29, 0.717) is 6.61 Å². The zero-order chi connectivity index (χ0) is 17.8. The van der Waals surface area contributed by atoms with Crippen LogP contribution in [0.4, 0.5) is 0 Å². The van der Waals surface area contributed by atoms with Crippen LogP contribution in [0.25, 0.3) is 0 Å². The van der Waals surface area contributed by atoms with E-state index in [1.54, 1.807) is 0 Å². The first-order chi connectivity index (χ1) is 11.7. The molecule has 1 N–H and O–H groups in total. The molecule has 0 saturated carbocycles. The molecule has 0 saturated heterocycles. The van der Waals surface area contributed by atoms with Gasteiger partial charge in [0, 0.05) is 19.6 Å². The van der Waals surface area contributed by atoms with Crippen molar-refractivity contribution in [3.05, 3.63) is 21.3 Å². The van der Waals surface area contributed by atoms with Gasteiger partial charge >= 0.3 is 0 Å². The Morgan fingerprint density at radius 1 is 1.04 bits per heavy atom. The zero-order valence-electron chi connectivity index (χ0n) is 16.5. The quantitative estimate of drug-likeness (QED) is 0.288. The predicted molar refractivity (Wildman–Crippen MR) is 125 cm³/mol. The lowest BCUT2D eigenvalue weighted by Crippen LogP contribution is -2.31. The summed E-state index contributed by atoms with van der Waals surface area (Å²) in [6, 6.07) is 4.30. The fourth-order valence-corrected chi connectivity index (χ4v) is 3.28. The second-order valence-electron chi connectivity index (χ2n) is 5.74. The number of benzene rings is 1. The number of ether oxygens (including phenoxy) is 2. The van der Waals surface area contributed by atoms with Crippen molar-refractivity contribution in [1.82, 2.24) is 10.2 Å². The maximum atomic E-state index is 5.94. The minimum absolute atomic E-state index is 0. The minimum atomic E-state index is 0. The van der Waals surface area contributed by atoms with Gasteiger partial charge < -0.3 is 19.7 Å². The third kappa shape index (κ3) is 10.4. The van der Waals surface area contributed by atoms with Crippen LogP contribution in [0.1, 0.15) is 46.1 Å². The largest absolute Gasteiger partial charge is 0.490 e. The molecule has 4 nitrogen and oxygen atoms in total. The molecule has 26 heavy (non-hydrogen) atoms. The molecule has 0 bridgehead atoms. The van der Waals surface area contributed by atoms with Crippen molar-refractivity contribution in [2.75, 3.05) is 39.4 Å². The van der Waals surface area contributed by atoms with E-state index in [1.165, 1.54) is 5.56 Å². The number of hydrogen-bond acceptors (Lipinski definition) is 4. The van der Waals surface area contributed by atoms with Gasteiger partial charge in [0.15, 0.2) is 11.5 Å². The average molecular weight is 521 g/mol. The number of rotatable bonds is 13. The second-order valence-corrected chi connectivity index (χ2v) is 6.91. The number of hydrogen-bond donors (Lipinski definition) is 1.